The Labute approximate surface area is 194 Å². The summed E-state index contributed by atoms with van der Waals surface area (Å²) in [7, 11) is 0. The quantitative estimate of drug-likeness (QED) is 0.508. The fraction of sp³-hybridized carbons (Fsp3) is 0.586. The van der Waals surface area contributed by atoms with Gasteiger partial charge in [0, 0.05) is 17.6 Å². The molecule has 6 rings (SSSR count). The second-order valence-electron chi connectivity index (χ2n) is 12.2. The second kappa shape index (κ2) is 7.63. The van der Waals surface area contributed by atoms with Gasteiger partial charge in [0.25, 0.3) is 0 Å². The average Bonchev–Trinajstić information content (AvgIpc) is 2.71. The Morgan fingerprint density at radius 2 is 1.55 bits per heavy atom. The third-order valence-electron chi connectivity index (χ3n) is 8.91. The number of hydrogen-bond donors (Lipinski definition) is 1. The molecule has 1 N–H and O–H groups in total. The van der Waals surface area contributed by atoms with Gasteiger partial charge in [-0.05, 0) is 102 Å². The van der Waals surface area contributed by atoms with Crippen LogP contribution in [0.3, 0.4) is 0 Å². The van der Waals surface area contributed by atoms with E-state index in [-0.39, 0.29) is 5.41 Å². The van der Waals surface area contributed by atoms with E-state index in [4.69, 9.17) is 11.6 Å². The summed E-state index contributed by atoms with van der Waals surface area (Å²) >= 11 is 6.22. The van der Waals surface area contributed by atoms with Crippen LogP contribution < -0.4 is 5.32 Å². The molecule has 2 aromatic carbocycles. The highest BCUT2D eigenvalue weighted by Crippen LogP contribution is 2.66. The molecule has 0 heterocycles. The van der Waals surface area contributed by atoms with Crippen LogP contribution in [0, 0.1) is 17.3 Å². The Bertz CT molecular complexity index is 907. The van der Waals surface area contributed by atoms with Crippen LogP contribution in [0.25, 0.3) is 0 Å². The van der Waals surface area contributed by atoms with Gasteiger partial charge in [-0.3, -0.25) is 0 Å². The van der Waals surface area contributed by atoms with Gasteiger partial charge in [0.15, 0.2) is 0 Å². The lowest BCUT2D eigenvalue weighted by atomic mass is 9.41. The van der Waals surface area contributed by atoms with Crippen LogP contribution in [0.1, 0.15) is 82.9 Å². The molecule has 2 heteroatoms. The average molecular weight is 436 g/mol. The minimum atomic E-state index is 0.217. The van der Waals surface area contributed by atoms with E-state index in [0.29, 0.717) is 16.9 Å². The maximum atomic E-state index is 6.22. The second-order valence-corrected chi connectivity index (χ2v) is 12.6. The summed E-state index contributed by atoms with van der Waals surface area (Å²) < 4.78 is 0. The smallest absolute Gasteiger partial charge is 0.0406 e. The maximum absolute atomic E-state index is 6.22. The highest BCUT2D eigenvalue weighted by atomic mass is 35.5. The molecule has 4 saturated carbocycles. The van der Waals surface area contributed by atoms with Crippen molar-refractivity contribution >= 4 is 11.6 Å². The van der Waals surface area contributed by atoms with Gasteiger partial charge in [-0.2, -0.15) is 0 Å². The Hall–Kier alpha value is -1.31. The normalized spacial score (nSPS) is 32.9. The van der Waals surface area contributed by atoms with Gasteiger partial charge in [-0.25, -0.2) is 0 Å². The topological polar surface area (TPSA) is 12.0 Å². The van der Waals surface area contributed by atoms with E-state index in [0.717, 1.165) is 23.4 Å². The summed E-state index contributed by atoms with van der Waals surface area (Å²) in [5.74, 6) is 1.79. The monoisotopic (exact) mass is 435 g/mol. The molecule has 166 valence electrons. The van der Waals surface area contributed by atoms with Crippen molar-refractivity contribution in [2.24, 2.45) is 17.3 Å². The third kappa shape index (κ3) is 3.98. The molecule has 0 radical (unpaired) electrons. The molecule has 4 fully saturated rings. The first kappa shape index (κ1) is 21.5. The Kier molecular flexibility index (Phi) is 5.30. The summed E-state index contributed by atoms with van der Waals surface area (Å²) in [5, 5.41) is 4.83. The van der Waals surface area contributed by atoms with Crippen LogP contribution in [0.5, 0.6) is 0 Å². The molecule has 1 nitrogen and oxygen atoms in total. The van der Waals surface area contributed by atoms with Crippen molar-refractivity contribution in [1.29, 1.82) is 0 Å². The minimum Gasteiger partial charge on any atom is -0.310 e. The molecule has 3 unspecified atom stereocenters. The van der Waals surface area contributed by atoms with Crippen LogP contribution >= 0.6 is 11.6 Å². The number of rotatable bonds is 5. The summed E-state index contributed by atoms with van der Waals surface area (Å²) in [5.41, 5.74) is 5.38. The predicted octanol–water partition coefficient (Wildman–Crippen LogP) is 7.65. The molecular weight excluding hydrogens is 398 g/mol. The molecule has 0 saturated heterocycles. The van der Waals surface area contributed by atoms with Gasteiger partial charge >= 0.3 is 0 Å². The summed E-state index contributed by atoms with van der Waals surface area (Å²) in [6, 6.07) is 18.6. The molecule has 0 spiro atoms. The lowest BCUT2D eigenvalue weighted by molar-refractivity contribution is -0.0883. The lowest BCUT2D eigenvalue weighted by Crippen LogP contribution is -2.59. The van der Waals surface area contributed by atoms with Gasteiger partial charge in [-0.1, -0.05) is 68.8 Å². The van der Waals surface area contributed by atoms with E-state index < -0.39 is 0 Å². The van der Waals surface area contributed by atoms with Crippen molar-refractivity contribution < 1.29 is 0 Å². The fourth-order valence-electron chi connectivity index (χ4n) is 7.59. The predicted molar refractivity (Wildman–Crippen MR) is 132 cm³/mol. The Morgan fingerprint density at radius 1 is 0.935 bits per heavy atom. The van der Waals surface area contributed by atoms with Crippen LogP contribution in [0.4, 0.5) is 0 Å². The number of hydrogen-bond acceptors (Lipinski definition) is 1. The first-order valence-electron chi connectivity index (χ1n) is 12.3. The number of halogens is 1. The van der Waals surface area contributed by atoms with Crippen molar-refractivity contribution in [3.63, 3.8) is 0 Å². The zero-order valence-corrected chi connectivity index (χ0v) is 20.4. The lowest BCUT2D eigenvalue weighted by Gasteiger charge is -2.64. The molecule has 0 aromatic heterocycles. The minimum absolute atomic E-state index is 0.217. The molecule has 31 heavy (non-hydrogen) atoms. The third-order valence-corrected chi connectivity index (χ3v) is 9.17. The Morgan fingerprint density at radius 3 is 2.13 bits per heavy atom. The molecule has 0 amide bonds. The molecular formula is C29H38ClN. The van der Waals surface area contributed by atoms with E-state index >= 15 is 0 Å². The van der Waals surface area contributed by atoms with E-state index in [1.165, 1.54) is 49.7 Å². The molecule has 2 aromatic rings. The molecule has 4 aliphatic rings. The van der Waals surface area contributed by atoms with Crippen molar-refractivity contribution in [3.05, 3.63) is 70.2 Å². The largest absolute Gasteiger partial charge is 0.310 e. The van der Waals surface area contributed by atoms with E-state index in [1.54, 1.807) is 5.56 Å². The summed E-state index contributed by atoms with van der Waals surface area (Å²) in [6.07, 6.45) is 8.39. The van der Waals surface area contributed by atoms with Gasteiger partial charge < -0.3 is 5.32 Å². The maximum Gasteiger partial charge on any atom is 0.0406 e. The Balaban J connectivity index is 1.33. The first-order valence-corrected chi connectivity index (χ1v) is 12.6. The highest BCUT2D eigenvalue weighted by Gasteiger charge is 2.59. The fourth-order valence-corrected chi connectivity index (χ4v) is 7.72. The van der Waals surface area contributed by atoms with E-state index in [9.17, 15) is 0 Å². The summed E-state index contributed by atoms with van der Waals surface area (Å²) in [4.78, 5) is 0. The van der Waals surface area contributed by atoms with Crippen molar-refractivity contribution in [1.82, 2.24) is 5.32 Å². The number of benzene rings is 2. The van der Waals surface area contributed by atoms with E-state index in [1.807, 2.05) is 0 Å². The standard InChI is InChI=1S/C29H38ClN/c1-20(31-18-21-5-7-24(8-6-21)27(2,3)4)28-14-22-13-23(15-28)17-29(16-22,19-28)25-9-11-26(30)12-10-25/h5-12,20,22-23,31H,13-19H2,1-4H3. The summed E-state index contributed by atoms with van der Waals surface area (Å²) in [6.45, 7) is 10.3. The van der Waals surface area contributed by atoms with Crippen molar-refractivity contribution in [2.45, 2.75) is 89.6 Å². The van der Waals surface area contributed by atoms with Crippen molar-refractivity contribution in [2.75, 3.05) is 0 Å². The first-order chi connectivity index (χ1) is 14.7. The number of nitrogens with one attached hydrogen (secondary N) is 1. The molecule has 0 aliphatic heterocycles. The van der Waals surface area contributed by atoms with E-state index in [2.05, 4.69) is 81.5 Å². The SMILES string of the molecule is CC(NCc1ccc(C(C)(C)C)cc1)C12CC3CC(CC(c4ccc(Cl)cc4)(C3)C1)C2. The van der Waals surface area contributed by atoms with Gasteiger partial charge in [-0.15, -0.1) is 0 Å². The molecule has 4 bridgehead atoms. The zero-order valence-electron chi connectivity index (χ0n) is 19.7. The zero-order chi connectivity index (χ0) is 21.9. The van der Waals surface area contributed by atoms with Crippen LogP contribution in [0.15, 0.2) is 48.5 Å². The van der Waals surface area contributed by atoms with Gasteiger partial charge in [0.1, 0.15) is 0 Å². The van der Waals surface area contributed by atoms with Gasteiger partial charge in [0.05, 0.1) is 0 Å². The van der Waals surface area contributed by atoms with Crippen LogP contribution in [-0.4, -0.2) is 6.04 Å². The molecule has 4 aliphatic carbocycles. The van der Waals surface area contributed by atoms with Gasteiger partial charge in [0.2, 0.25) is 0 Å². The van der Waals surface area contributed by atoms with Crippen molar-refractivity contribution in [3.8, 4) is 0 Å². The highest BCUT2D eigenvalue weighted by molar-refractivity contribution is 6.30. The van der Waals surface area contributed by atoms with Crippen LogP contribution in [0.2, 0.25) is 5.02 Å². The van der Waals surface area contributed by atoms with Crippen LogP contribution in [-0.2, 0) is 17.4 Å². The molecule has 3 atom stereocenters.